The minimum Gasteiger partial charge on any atom is -0.481 e. The Hall–Kier alpha value is -2.77. The summed E-state index contributed by atoms with van der Waals surface area (Å²) in [6, 6.07) is 7.89. The quantitative estimate of drug-likeness (QED) is 0.937. The van der Waals surface area contributed by atoms with Crippen LogP contribution < -0.4 is 9.47 Å². The summed E-state index contributed by atoms with van der Waals surface area (Å²) in [5.41, 5.74) is -0.474. The number of hydrogen-bond donors (Lipinski definition) is 1. The number of benzene rings is 1. The van der Waals surface area contributed by atoms with Crippen molar-refractivity contribution >= 4 is 5.97 Å². The Labute approximate surface area is 122 Å². The van der Waals surface area contributed by atoms with E-state index in [9.17, 15) is 23.1 Å². The van der Waals surface area contributed by atoms with E-state index in [0.29, 0.717) is 0 Å². The number of hydrogen-bond acceptors (Lipinski definition) is 4. The maximum atomic E-state index is 12.4. The SMILES string of the molecule is COc1ccc(-c2ccccc2OC(F)(F)F)c(C(=O)O)n1. The number of alkyl halides is 3. The van der Waals surface area contributed by atoms with Crippen molar-refractivity contribution in [2.75, 3.05) is 7.11 Å². The zero-order valence-corrected chi connectivity index (χ0v) is 11.2. The molecule has 0 aliphatic rings. The fourth-order valence-electron chi connectivity index (χ4n) is 1.84. The van der Waals surface area contributed by atoms with Crippen LogP contribution in [0.25, 0.3) is 11.1 Å². The number of carbonyl (C=O) groups is 1. The van der Waals surface area contributed by atoms with Crippen LogP contribution in [-0.2, 0) is 0 Å². The molecule has 0 amide bonds. The van der Waals surface area contributed by atoms with E-state index in [0.717, 1.165) is 6.07 Å². The van der Waals surface area contributed by atoms with E-state index in [1.54, 1.807) is 0 Å². The Morgan fingerprint density at radius 3 is 2.41 bits per heavy atom. The second kappa shape index (κ2) is 5.92. The molecule has 1 aromatic carbocycles. The maximum Gasteiger partial charge on any atom is 0.573 e. The fraction of sp³-hybridized carbons (Fsp3) is 0.143. The molecule has 0 unspecified atom stereocenters. The first-order valence-electron chi connectivity index (χ1n) is 5.95. The van der Waals surface area contributed by atoms with Gasteiger partial charge in [0, 0.05) is 17.2 Å². The van der Waals surface area contributed by atoms with Crippen LogP contribution in [0.4, 0.5) is 13.2 Å². The molecule has 2 aromatic rings. The lowest BCUT2D eigenvalue weighted by molar-refractivity contribution is -0.274. The molecule has 0 atom stereocenters. The largest absolute Gasteiger partial charge is 0.573 e. The maximum absolute atomic E-state index is 12.4. The van der Waals surface area contributed by atoms with Crippen LogP contribution >= 0.6 is 0 Å². The zero-order valence-electron chi connectivity index (χ0n) is 11.2. The van der Waals surface area contributed by atoms with E-state index >= 15 is 0 Å². The Morgan fingerprint density at radius 1 is 1.14 bits per heavy atom. The van der Waals surface area contributed by atoms with E-state index in [-0.39, 0.29) is 17.0 Å². The summed E-state index contributed by atoms with van der Waals surface area (Å²) in [4.78, 5) is 15.0. The van der Waals surface area contributed by atoms with Crippen LogP contribution in [0.2, 0.25) is 0 Å². The molecular weight excluding hydrogens is 303 g/mol. The van der Waals surface area contributed by atoms with Gasteiger partial charge in [-0.1, -0.05) is 18.2 Å². The van der Waals surface area contributed by atoms with Gasteiger partial charge in [-0.2, -0.15) is 0 Å². The van der Waals surface area contributed by atoms with Gasteiger partial charge in [0.05, 0.1) is 7.11 Å². The summed E-state index contributed by atoms with van der Waals surface area (Å²) in [5.74, 6) is -1.87. The third-order valence-corrected chi connectivity index (χ3v) is 2.68. The highest BCUT2D eigenvalue weighted by molar-refractivity contribution is 5.95. The Kier molecular flexibility index (Phi) is 4.20. The van der Waals surface area contributed by atoms with Gasteiger partial charge < -0.3 is 14.6 Å². The summed E-state index contributed by atoms with van der Waals surface area (Å²) in [6.07, 6.45) is -4.89. The molecule has 1 aromatic heterocycles. The number of ether oxygens (including phenoxy) is 2. The minimum atomic E-state index is -4.89. The second-order valence-corrected chi connectivity index (χ2v) is 4.10. The molecule has 8 heteroatoms. The van der Waals surface area contributed by atoms with Gasteiger partial charge >= 0.3 is 12.3 Å². The van der Waals surface area contributed by atoms with Crippen LogP contribution in [0.15, 0.2) is 36.4 Å². The highest BCUT2D eigenvalue weighted by Crippen LogP contribution is 2.35. The first-order valence-corrected chi connectivity index (χ1v) is 5.95. The average molecular weight is 313 g/mol. The fourth-order valence-corrected chi connectivity index (χ4v) is 1.84. The lowest BCUT2D eigenvalue weighted by Crippen LogP contribution is -2.17. The average Bonchev–Trinajstić information content (AvgIpc) is 2.45. The predicted molar refractivity (Wildman–Crippen MR) is 69.9 cm³/mol. The van der Waals surface area contributed by atoms with Crippen molar-refractivity contribution in [2.45, 2.75) is 6.36 Å². The summed E-state index contributed by atoms with van der Waals surface area (Å²) >= 11 is 0. The van der Waals surface area contributed by atoms with Crippen molar-refractivity contribution in [3.63, 3.8) is 0 Å². The molecule has 0 bridgehead atoms. The molecule has 2 rings (SSSR count). The van der Waals surface area contributed by atoms with Gasteiger partial charge in [-0.15, -0.1) is 13.2 Å². The van der Waals surface area contributed by atoms with Crippen LogP contribution in [0, 0.1) is 0 Å². The van der Waals surface area contributed by atoms with E-state index in [1.165, 1.54) is 37.4 Å². The van der Waals surface area contributed by atoms with Crippen LogP contribution in [0.5, 0.6) is 11.6 Å². The first-order chi connectivity index (χ1) is 10.3. The number of para-hydroxylation sites is 1. The minimum absolute atomic E-state index is 0.00634. The van der Waals surface area contributed by atoms with Crippen LogP contribution in [0.1, 0.15) is 10.5 Å². The van der Waals surface area contributed by atoms with Gasteiger partial charge in [-0.25, -0.2) is 9.78 Å². The molecule has 0 radical (unpaired) electrons. The third-order valence-electron chi connectivity index (χ3n) is 2.68. The molecule has 0 saturated carbocycles. The Balaban J connectivity index is 2.59. The van der Waals surface area contributed by atoms with Crippen molar-refractivity contribution in [2.24, 2.45) is 0 Å². The monoisotopic (exact) mass is 313 g/mol. The van der Waals surface area contributed by atoms with Crippen molar-refractivity contribution in [1.82, 2.24) is 4.98 Å². The number of pyridine rings is 1. The van der Waals surface area contributed by atoms with Gasteiger partial charge in [0.25, 0.3) is 0 Å². The molecule has 5 nitrogen and oxygen atoms in total. The van der Waals surface area contributed by atoms with Crippen molar-refractivity contribution in [3.05, 3.63) is 42.1 Å². The number of nitrogens with zero attached hydrogens (tertiary/aromatic N) is 1. The van der Waals surface area contributed by atoms with Gasteiger partial charge in [0.1, 0.15) is 5.75 Å². The lowest BCUT2D eigenvalue weighted by Gasteiger charge is -2.14. The number of carboxylic acid groups (broad SMARTS) is 1. The standard InChI is InChI=1S/C14H10F3NO4/c1-21-11-7-6-9(12(18-11)13(19)20)8-4-2-3-5-10(8)22-14(15,16)17/h2-7H,1H3,(H,19,20). The molecular formula is C14H10F3NO4. The summed E-state index contributed by atoms with van der Waals surface area (Å²) < 4.78 is 46.1. The number of halogens is 3. The second-order valence-electron chi connectivity index (χ2n) is 4.10. The smallest absolute Gasteiger partial charge is 0.481 e. The highest BCUT2D eigenvalue weighted by atomic mass is 19.4. The summed E-state index contributed by atoms with van der Waals surface area (Å²) in [5, 5.41) is 9.19. The predicted octanol–water partition coefficient (Wildman–Crippen LogP) is 3.35. The molecule has 1 N–H and O–H groups in total. The molecule has 0 fully saturated rings. The highest BCUT2D eigenvalue weighted by Gasteiger charge is 2.32. The molecule has 0 aliphatic carbocycles. The number of carboxylic acids is 1. The van der Waals surface area contributed by atoms with Gasteiger partial charge in [0.2, 0.25) is 5.88 Å². The topological polar surface area (TPSA) is 68.7 Å². The zero-order chi connectivity index (χ0) is 16.3. The Morgan fingerprint density at radius 2 is 1.82 bits per heavy atom. The summed E-state index contributed by atoms with van der Waals surface area (Å²) in [7, 11) is 1.30. The van der Waals surface area contributed by atoms with Gasteiger partial charge in [-0.05, 0) is 12.1 Å². The van der Waals surface area contributed by atoms with E-state index in [4.69, 9.17) is 4.74 Å². The molecule has 22 heavy (non-hydrogen) atoms. The number of aromatic nitrogens is 1. The normalized spacial score (nSPS) is 11.1. The van der Waals surface area contributed by atoms with Gasteiger partial charge in [0.15, 0.2) is 5.69 Å². The Bertz CT molecular complexity index is 701. The van der Waals surface area contributed by atoms with Crippen molar-refractivity contribution < 1.29 is 32.5 Å². The number of methoxy groups -OCH3 is 1. The molecule has 0 saturated heterocycles. The lowest BCUT2D eigenvalue weighted by atomic mass is 10.0. The van der Waals surface area contributed by atoms with Crippen LogP contribution in [-0.4, -0.2) is 29.5 Å². The molecule has 116 valence electrons. The number of aromatic carboxylic acids is 1. The molecule has 0 aliphatic heterocycles. The van der Waals surface area contributed by atoms with Crippen molar-refractivity contribution in [3.8, 4) is 22.8 Å². The van der Waals surface area contributed by atoms with E-state index < -0.39 is 23.8 Å². The molecule has 0 spiro atoms. The van der Waals surface area contributed by atoms with Crippen molar-refractivity contribution in [1.29, 1.82) is 0 Å². The van der Waals surface area contributed by atoms with Crippen LogP contribution in [0.3, 0.4) is 0 Å². The molecule has 1 heterocycles. The van der Waals surface area contributed by atoms with Gasteiger partial charge in [-0.3, -0.25) is 0 Å². The first kappa shape index (κ1) is 15.6. The van der Waals surface area contributed by atoms with E-state index in [2.05, 4.69) is 9.72 Å². The summed E-state index contributed by atoms with van der Waals surface area (Å²) in [6.45, 7) is 0. The van der Waals surface area contributed by atoms with E-state index in [1.807, 2.05) is 0 Å². The third kappa shape index (κ3) is 3.46. The number of rotatable bonds is 4.